The molecule has 0 radical (unpaired) electrons. The molecule has 2 fully saturated rings. The monoisotopic (exact) mass is 307 g/mol. The van der Waals surface area contributed by atoms with Gasteiger partial charge in [-0.1, -0.05) is 30.3 Å². The van der Waals surface area contributed by atoms with Crippen molar-refractivity contribution >= 4 is 12.1 Å². The number of halogens is 1. The molecule has 2 aliphatic rings. The Balaban J connectivity index is 1.67. The molecule has 1 saturated carbocycles. The molecule has 1 aromatic rings. The second-order valence-corrected chi connectivity index (χ2v) is 5.90. The minimum Gasteiger partial charge on any atom is -0.480 e. The summed E-state index contributed by atoms with van der Waals surface area (Å²) in [6.45, 7) is 0.202. The second kappa shape index (κ2) is 5.94. The van der Waals surface area contributed by atoms with E-state index in [1.807, 2.05) is 30.3 Å². The number of carboxylic acid groups (broad SMARTS) is 1. The number of aliphatic carboxylic acids is 1. The van der Waals surface area contributed by atoms with Crippen LogP contribution in [0.5, 0.6) is 0 Å². The third kappa shape index (κ3) is 2.65. The quantitative estimate of drug-likeness (QED) is 0.931. The Labute approximate surface area is 127 Å². The van der Waals surface area contributed by atoms with E-state index >= 15 is 0 Å². The maximum atomic E-state index is 13.8. The van der Waals surface area contributed by atoms with Crippen LogP contribution in [0.3, 0.4) is 0 Å². The number of carbonyl (C=O) groups excluding carboxylic acids is 1. The van der Waals surface area contributed by atoms with Crippen LogP contribution in [0.4, 0.5) is 9.18 Å². The lowest BCUT2D eigenvalue weighted by molar-refractivity contribution is -0.143. The van der Waals surface area contributed by atoms with Crippen molar-refractivity contribution in [3.05, 3.63) is 35.9 Å². The molecule has 1 aliphatic heterocycles. The third-order valence-corrected chi connectivity index (χ3v) is 4.63. The highest BCUT2D eigenvalue weighted by Crippen LogP contribution is 2.44. The van der Waals surface area contributed by atoms with Gasteiger partial charge in [-0.05, 0) is 24.3 Å². The zero-order valence-corrected chi connectivity index (χ0v) is 12.0. The first-order valence-corrected chi connectivity index (χ1v) is 7.42. The number of carboxylic acids is 1. The smallest absolute Gasteiger partial charge is 0.410 e. The number of benzene rings is 1. The van der Waals surface area contributed by atoms with Gasteiger partial charge in [0.1, 0.15) is 18.8 Å². The Morgan fingerprint density at radius 2 is 1.95 bits per heavy atom. The number of alkyl halides is 1. The number of fused-ring (bicyclic) bond motifs is 1. The Hall–Kier alpha value is -2.11. The van der Waals surface area contributed by atoms with Crippen molar-refractivity contribution in [2.75, 3.05) is 6.54 Å². The van der Waals surface area contributed by atoms with Crippen molar-refractivity contribution in [1.82, 2.24) is 4.90 Å². The molecule has 1 amide bonds. The van der Waals surface area contributed by atoms with Crippen molar-refractivity contribution < 1.29 is 23.8 Å². The number of hydrogen-bond acceptors (Lipinski definition) is 3. The van der Waals surface area contributed by atoms with Crippen LogP contribution in [0.1, 0.15) is 18.4 Å². The average Bonchev–Trinajstić information content (AvgIpc) is 3.06. The van der Waals surface area contributed by atoms with Crippen LogP contribution in [-0.4, -0.2) is 40.8 Å². The van der Waals surface area contributed by atoms with Gasteiger partial charge >= 0.3 is 12.1 Å². The minimum absolute atomic E-state index is 0.0803. The van der Waals surface area contributed by atoms with E-state index in [1.54, 1.807) is 0 Å². The number of likely N-dealkylation sites (tertiary alicyclic amines) is 1. The van der Waals surface area contributed by atoms with E-state index in [-0.39, 0.29) is 25.0 Å². The summed E-state index contributed by atoms with van der Waals surface area (Å²) in [7, 11) is 0. The van der Waals surface area contributed by atoms with Crippen LogP contribution in [0, 0.1) is 11.8 Å². The van der Waals surface area contributed by atoms with E-state index in [9.17, 15) is 19.1 Å². The molecule has 1 aliphatic carbocycles. The molecule has 0 spiro atoms. The highest BCUT2D eigenvalue weighted by molar-refractivity contribution is 5.81. The van der Waals surface area contributed by atoms with Crippen LogP contribution in [-0.2, 0) is 16.1 Å². The minimum atomic E-state index is -1.08. The molecule has 0 aromatic heterocycles. The summed E-state index contributed by atoms with van der Waals surface area (Å²) in [6.07, 6.45) is -0.825. The zero-order chi connectivity index (χ0) is 15.7. The molecule has 3 rings (SSSR count). The molecule has 0 bridgehead atoms. The molecule has 22 heavy (non-hydrogen) atoms. The Kier molecular flexibility index (Phi) is 4.00. The SMILES string of the molecule is O=C(O)[C@H]1[C@@H]2CC[C@@H](F)[C@@H]2CN1C(=O)OCc1ccccc1. The summed E-state index contributed by atoms with van der Waals surface area (Å²) in [5.74, 6) is -1.78. The first-order chi connectivity index (χ1) is 10.6. The molecular formula is C16H18FNO4. The summed E-state index contributed by atoms with van der Waals surface area (Å²) >= 11 is 0. The molecule has 118 valence electrons. The van der Waals surface area contributed by atoms with E-state index in [0.717, 1.165) is 5.56 Å². The van der Waals surface area contributed by atoms with Crippen LogP contribution in [0.15, 0.2) is 30.3 Å². The fourth-order valence-electron chi connectivity index (χ4n) is 3.57. The zero-order valence-electron chi connectivity index (χ0n) is 12.0. The molecule has 1 N–H and O–H groups in total. The van der Waals surface area contributed by atoms with Gasteiger partial charge in [0.05, 0.1) is 0 Å². The first kappa shape index (κ1) is 14.8. The summed E-state index contributed by atoms with van der Waals surface area (Å²) < 4.78 is 19.0. The van der Waals surface area contributed by atoms with Crippen molar-refractivity contribution in [3.63, 3.8) is 0 Å². The van der Waals surface area contributed by atoms with Gasteiger partial charge in [0.2, 0.25) is 0 Å². The van der Waals surface area contributed by atoms with E-state index in [2.05, 4.69) is 0 Å². The third-order valence-electron chi connectivity index (χ3n) is 4.63. The summed E-state index contributed by atoms with van der Waals surface area (Å²) in [5.41, 5.74) is 0.825. The fourth-order valence-corrected chi connectivity index (χ4v) is 3.57. The van der Waals surface area contributed by atoms with E-state index in [0.29, 0.717) is 12.8 Å². The van der Waals surface area contributed by atoms with Crippen LogP contribution in [0.2, 0.25) is 0 Å². The highest BCUT2D eigenvalue weighted by Gasteiger charge is 2.54. The lowest BCUT2D eigenvalue weighted by Gasteiger charge is -2.23. The number of rotatable bonds is 3. The average molecular weight is 307 g/mol. The van der Waals surface area contributed by atoms with E-state index < -0.39 is 24.3 Å². The molecule has 1 aromatic carbocycles. The van der Waals surface area contributed by atoms with Gasteiger partial charge in [-0.3, -0.25) is 4.90 Å². The number of ether oxygens (including phenoxy) is 1. The lowest BCUT2D eigenvalue weighted by Crippen LogP contribution is -2.43. The number of hydrogen-bond donors (Lipinski definition) is 1. The number of amides is 1. The number of nitrogens with zero attached hydrogens (tertiary/aromatic N) is 1. The largest absolute Gasteiger partial charge is 0.480 e. The van der Waals surface area contributed by atoms with Gasteiger partial charge in [-0.25, -0.2) is 14.0 Å². The summed E-state index contributed by atoms with van der Waals surface area (Å²) in [5, 5.41) is 9.38. The Morgan fingerprint density at radius 3 is 2.64 bits per heavy atom. The fraction of sp³-hybridized carbons (Fsp3) is 0.500. The molecule has 0 unspecified atom stereocenters. The predicted molar refractivity (Wildman–Crippen MR) is 75.9 cm³/mol. The maximum Gasteiger partial charge on any atom is 0.410 e. The van der Waals surface area contributed by atoms with Gasteiger partial charge in [-0.15, -0.1) is 0 Å². The molecule has 1 heterocycles. The van der Waals surface area contributed by atoms with E-state index in [4.69, 9.17) is 4.74 Å². The van der Waals surface area contributed by atoms with Crippen molar-refractivity contribution in [2.24, 2.45) is 11.8 Å². The lowest BCUT2D eigenvalue weighted by atomic mass is 9.94. The molecule has 5 nitrogen and oxygen atoms in total. The first-order valence-electron chi connectivity index (χ1n) is 7.42. The van der Waals surface area contributed by atoms with Gasteiger partial charge in [-0.2, -0.15) is 0 Å². The van der Waals surface area contributed by atoms with Crippen molar-refractivity contribution in [1.29, 1.82) is 0 Å². The van der Waals surface area contributed by atoms with Crippen LogP contribution >= 0.6 is 0 Å². The predicted octanol–water partition coefficient (Wildman–Crippen LogP) is 2.46. The Morgan fingerprint density at radius 1 is 1.23 bits per heavy atom. The number of carbonyl (C=O) groups is 2. The Bertz CT molecular complexity index is 565. The highest BCUT2D eigenvalue weighted by atomic mass is 19.1. The van der Waals surface area contributed by atoms with Crippen molar-refractivity contribution in [2.45, 2.75) is 31.7 Å². The standard InChI is InChI=1S/C16H18FNO4/c17-13-7-6-11-12(13)8-18(14(11)15(19)20)16(21)22-9-10-4-2-1-3-5-10/h1-5,11-14H,6-9H2,(H,19,20)/t11-,12-,13-,14-/m1/s1. The topological polar surface area (TPSA) is 66.8 Å². The van der Waals surface area contributed by atoms with Gasteiger partial charge in [0.15, 0.2) is 0 Å². The van der Waals surface area contributed by atoms with Crippen LogP contribution in [0.25, 0.3) is 0 Å². The summed E-state index contributed by atoms with van der Waals surface area (Å²) in [4.78, 5) is 24.8. The summed E-state index contributed by atoms with van der Waals surface area (Å²) in [6, 6.07) is 8.17. The van der Waals surface area contributed by atoms with E-state index in [1.165, 1.54) is 4.90 Å². The second-order valence-electron chi connectivity index (χ2n) is 5.90. The van der Waals surface area contributed by atoms with Gasteiger partial charge in [0.25, 0.3) is 0 Å². The molecule has 4 atom stereocenters. The van der Waals surface area contributed by atoms with Crippen LogP contribution < -0.4 is 0 Å². The maximum absolute atomic E-state index is 13.8. The molecule has 6 heteroatoms. The molecule has 1 saturated heterocycles. The van der Waals surface area contributed by atoms with Gasteiger partial charge < -0.3 is 9.84 Å². The van der Waals surface area contributed by atoms with Gasteiger partial charge in [0, 0.05) is 12.5 Å². The van der Waals surface area contributed by atoms with Crippen molar-refractivity contribution in [3.8, 4) is 0 Å². The normalized spacial score (nSPS) is 30.1. The molecular weight excluding hydrogens is 289 g/mol.